The van der Waals surface area contributed by atoms with E-state index >= 15 is 0 Å². The Morgan fingerprint density at radius 3 is 2.71 bits per heavy atom. The lowest BCUT2D eigenvalue weighted by Crippen LogP contribution is -2.25. The summed E-state index contributed by atoms with van der Waals surface area (Å²) in [5.41, 5.74) is 3.68. The second-order valence-electron chi connectivity index (χ2n) is 8.22. The number of nitrogens with zero attached hydrogens (tertiary/aromatic N) is 3. The van der Waals surface area contributed by atoms with Gasteiger partial charge in [0.15, 0.2) is 11.5 Å². The van der Waals surface area contributed by atoms with Crippen LogP contribution in [0.15, 0.2) is 66.9 Å². The summed E-state index contributed by atoms with van der Waals surface area (Å²) >= 11 is 0. The number of hydroxylamine groups is 1. The molecule has 2 amide bonds. The van der Waals surface area contributed by atoms with E-state index in [1.165, 1.54) is 0 Å². The van der Waals surface area contributed by atoms with Crippen LogP contribution >= 0.6 is 0 Å². The van der Waals surface area contributed by atoms with E-state index in [1.807, 2.05) is 36.4 Å². The van der Waals surface area contributed by atoms with Crippen LogP contribution in [0.5, 0.6) is 11.5 Å². The van der Waals surface area contributed by atoms with Crippen molar-refractivity contribution in [3.63, 3.8) is 0 Å². The Bertz CT molecular complexity index is 1390. The van der Waals surface area contributed by atoms with Gasteiger partial charge >= 0.3 is 0 Å². The summed E-state index contributed by atoms with van der Waals surface area (Å²) in [5, 5.41) is 22.4. The predicted molar refractivity (Wildman–Crippen MR) is 125 cm³/mol. The Morgan fingerprint density at radius 1 is 1.03 bits per heavy atom. The molecule has 10 nitrogen and oxygen atoms in total. The molecule has 35 heavy (non-hydrogen) atoms. The average Bonchev–Trinajstić information content (AvgIpc) is 3.56. The Morgan fingerprint density at radius 2 is 1.86 bits per heavy atom. The van der Waals surface area contributed by atoms with Gasteiger partial charge in [-0.1, -0.05) is 47.7 Å². The Hall–Kier alpha value is -4.44. The Balaban J connectivity index is 1.28. The van der Waals surface area contributed by atoms with Crippen molar-refractivity contribution in [3.05, 3.63) is 83.7 Å². The molecule has 5 rings (SSSR count). The van der Waals surface area contributed by atoms with Gasteiger partial charge in [-0.15, -0.1) is 5.10 Å². The molecule has 0 aliphatic carbocycles. The normalized spacial score (nSPS) is 12.9. The molecular formula is C25H23N5O5. The molecule has 178 valence electrons. The molecule has 0 radical (unpaired) electrons. The maximum absolute atomic E-state index is 12.5. The molecule has 1 aromatic heterocycles. The molecule has 3 aromatic carbocycles. The molecule has 4 aromatic rings. The van der Waals surface area contributed by atoms with Crippen LogP contribution in [0.2, 0.25) is 0 Å². The fourth-order valence-corrected chi connectivity index (χ4v) is 4.04. The van der Waals surface area contributed by atoms with Crippen molar-refractivity contribution in [3.8, 4) is 11.5 Å². The zero-order chi connectivity index (χ0) is 24.2. The number of carbonyl (C=O) groups excluding carboxylic acids is 2. The van der Waals surface area contributed by atoms with Gasteiger partial charge in [-0.2, -0.15) is 0 Å². The first-order valence-corrected chi connectivity index (χ1v) is 11.1. The molecule has 0 unspecified atom stereocenters. The van der Waals surface area contributed by atoms with Crippen molar-refractivity contribution in [1.29, 1.82) is 0 Å². The summed E-state index contributed by atoms with van der Waals surface area (Å²) in [6.07, 6.45) is 2.20. The van der Waals surface area contributed by atoms with Crippen LogP contribution in [0.3, 0.4) is 0 Å². The molecule has 0 spiro atoms. The quantitative estimate of drug-likeness (QED) is 0.265. The highest BCUT2D eigenvalue weighted by atomic mass is 16.7. The minimum Gasteiger partial charge on any atom is -0.454 e. The average molecular weight is 473 g/mol. The summed E-state index contributed by atoms with van der Waals surface area (Å²) < 4.78 is 12.2. The van der Waals surface area contributed by atoms with E-state index < -0.39 is 5.91 Å². The van der Waals surface area contributed by atoms with E-state index in [1.54, 1.807) is 34.6 Å². The van der Waals surface area contributed by atoms with E-state index in [2.05, 4.69) is 21.7 Å². The van der Waals surface area contributed by atoms with E-state index in [9.17, 15) is 9.59 Å². The summed E-state index contributed by atoms with van der Waals surface area (Å²) in [6.45, 7) is 0.292. The van der Waals surface area contributed by atoms with Gasteiger partial charge in [0.05, 0.1) is 25.2 Å². The fourth-order valence-electron chi connectivity index (χ4n) is 4.04. The van der Waals surface area contributed by atoms with Gasteiger partial charge in [0.1, 0.15) is 5.69 Å². The number of rotatable bonds is 8. The number of carbonyl (C=O) groups is 2. The van der Waals surface area contributed by atoms with Gasteiger partial charge in [0.25, 0.3) is 5.91 Å². The van der Waals surface area contributed by atoms with Gasteiger partial charge in [-0.25, -0.2) is 10.2 Å². The second kappa shape index (κ2) is 9.82. The third-order valence-corrected chi connectivity index (χ3v) is 5.83. The molecule has 1 aliphatic rings. The molecular weight excluding hydrogens is 450 g/mol. The largest absolute Gasteiger partial charge is 0.454 e. The molecule has 0 fully saturated rings. The highest BCUT2D eigenvalue weighted by Crippen LogP contribution is 2.32. The van der Waals surface area contributed by atoms with Crippen molar-refractivity contribution in [1.82, 2.24) is 25.8 Å². The highest BCUT2D eigenvalue weighted by Gasteiger charge is 2.20. The molecule has 0 saturated carbocycles. The van der Waals surface area contributed by atoms with E-state index in [4.69, 9.17) is 14.7 Å². The summed E-state index contributed by atoms with van der Waals surface area (Å²) in [5.74, 6) is 0.324. The number of amides is 2. The zero-order valence-corrected chi connectivity index (χ0v) is 18.7. The van der Waals surface area contributed by atoms with Gasteiger partial charge < -0.3 is 14.8 Å². The van der Waals surface area contributed by atoms with Crippen LogP contribution in [-0.4, -0.2) is 38.8 Å². The molecule has 3 N–H and O–H groups in total. The van der Waals surface area contributed by atoms with Crippen LogP contribution in [0.1, 0.15) is 34.1 Å². The number of ether oxygens (including phenoxy) is 2. The molecule has 1 aliphatic heterocycles. The molecule has 0 saturated heterocycles. The van der Waals surface area contributed by atoms with Crippen molar-refractivity contribution < 1.29 is 24.3 Å². The number of hydrogen-bond acceptors (Lipinski definition) is 7. The lowest BCUT2D eigenvalue weighted by molar-refractivity contribution is -0.130. The fraction of sp³-hybridized carbons (Fsp3) is 0.200. The van der Waals surface area contributed by atoms with Gasteiger partial charge in [-0.05, 0) is 41.0 Å². The zero-order valence-electron chi connectivity index (χ0n) is 18.7. The standard InChI is InChI=1S/C25H23N5O5/c31-24(28-33)12-21(10-16-5-6-17-3-1-2-4-18(17)9-16)30-14-20(27-29-30)13-26-25(32)19-7-8-22-23(11-19)35-15-34-22/h1-9,11,14,21,33H,10,12-13,15H2,(H,26,32)(H,28,31)/t21-/m1/s1. The summed E-state index contributed by atoms with van der Waals surface area (Å²) in [6, 6.07) is 18.7. The van der Waals surface area contributed by atoms with Gasteiger partial charge in [-0.3, -0.25) is 14.8 Å². The molecule has 0 bridgehead atoms. The number of hydrogen-bond donors (Lipinski definition) is 3. The maximum Gasteiger partial charge on any atom is 0.251 e. The SMILES string of the molecule is O=C(C[C@@H](Cc1ccc2ccccc2c1)n1cc(CNC(=O)c2ccc3c(c2)OCO3)nn1)NO. The van der Waals surface area contributed by atoms with E-state index in [-0.39, 0.29) is 31.7 Å². The lowest BCUT2D eigenvalue weighted by atomic mass is 10.00. The predicted octanol–water partition coefficient (Wildman–Crippen LogP) is 2.77. The monoisotopic (exact) mass is 473 g/mol. The van der Waals surface area contributed by atoms with Crippen molar-refractivity contribution in [2.75, 3.05) is 6.79 Å². The highest BCUT2D eigenvalue weighted by molar-refractivity contribution is 5.94. The van der Waals surface area contributed by atoms with Crippen LogP contribution < -0.4 is 20.3 Å². The van der Waals surface area contributed by atoms with Crippen LogP contribution in [-0.2, 0) is 17.8 Å². The van der Waals surface area contributed by atoms with Crippen LogP contribution in [0.4, 0.5) is 0 Å². The number of nitrogens with one attached hydrogen (secondary N) is 2. The van der Waals surface area contributed by atoms with Gasteiger partial charge in [0, 0.05) is 5.56 Å². The topological polar surface area (TPSA) is 128 Å². The smallest absolute Gasteiger partial charge is 0.251 e. The minimum absolute atomic E-state index is 0.00961. The Labute approximate surface area is 200 Å². The van der Waals surface area contributed by atoms with Crippen LogP contribution in [0.25, 0.3) is 10.8 Å². The molecule has 10 heteroatoms. The maximum atomic E-state index is 12.5. The van der Waals surface area contributed by atoms with Crippen molar-refractivity contribution in [2.45, 2.75) is 25.4 Å². The number of fused-ring (bicyclic) bond motifs is 2. The second-order valence-corrected chi connectivity index (χ2v) is 8.22. The van der Waals surface area contributed by atoms with Crippen molar-refractivity contribution in [2.24, 2.45) is 0 Å². The molecule has 1 atom stereocenters. The van der Waals surface area contributed by atoms with Gasteiger partial charge in [0.2, 0.25) is 12.7 Å². The molecule has 2 heterocycles. The van der Waals surface area contributed by atoms with Crippen LogP contribution in [0, 0.1) is 0 Å². The van der Waals surface area contributed by atoms with E-state index in [0.29, 0.717) is 29.2 Å². The number of aromatic nitrogens is 3. The third kappa shape index (κ3) is 5.07. The summed E-state index contributed by atoms with van der Waals surface area (Å²) in [4.78, 5) is 24.5. The lowest BCUT2D eigenvalue weighted by Gasteiger charge is -2.16. The minimum atomic E-state index is -0.524. The third-order valence-electron chi connectivity index (χ3n) is 5.83. The Kier molecular flexibility index (Phi) is 6.27. The van der Waals surface area contributed by atoms with E-state index in [0.717, 1.165) is 16.3 Å². The first-order chi connectivity index (χ1) is 17.1. The first kappa shape index (κ1) is 22.4. The summed E-state index contributed by atoms with van der Waals surface area (Å²) in [7, 11) is 0. The number of benzene rings is 3. The first-order valence-electron chi connectivity index (χ1n) is 11.1. The van der Waals surface area contributed by atoms with Crippen molar-refractivity contribution >= 4 is 22.6 Å².